The molecule has 0 bridgehead atoms. The van der Waals surface area contributed by atoms with Crippen LogP contribution in [0.4, 0.5) is 5.69 Å². The van der Waals surface area contributed by atoms with Gasteiger partial charge < -0.3 is 24.7 Å². The van der Waals surface area contributed by atoms with Crippen LogP contribution in [0.5, 0.6) is 23.0 Å². The van der Waals surface area contributed by atoms with E-state index in [9.17, 15) is 0 Å². The Hall–Kier alpha value is -2.56. The Balaban J connectivity index is 0.000000126. The number of hydrogen-bond acceptors (Lipinski definition) is 5. The summed E-state index contributed by atoms with van der Waals surface area (Å²) in [6.07, 6.45) is 0. The maximum Gasteiger partial charge on any atom is 0.231 e. The molecule has 2 aliphatic rings. The second-order valence-electron chi connectivity index (χ2n) is 4.92. The van der Waals surface area contributed by atoms with E-state index in [4.69, 9.17) is 24.7 Å². The lowest BCUT2D eigenvalue weighted by Gasteiger charge is -2.00. The van der Waals surface area contributed by atoms with Gasteiger partial charge >= 0.3 is 0 Å². The van der Waals surface area contributed by atoms with E-state index in [0.717, 1.165) is 34.2 Å². The van der Waals surface area contributed by atoms with Crippen LogP contribution in [0.25, 0.3) is 0 Å². The van der Waals surface area contributed by atoms with Crippen molar-refractivity contribution < 1.29 is 18.9 Å². The third-order valence-electron chi connectivity index (χ3n) is 3.29. The van der Waals surface area contributed by atoms with Crippen molar-refractivity contribution in [2.45, 2.75) is 13.8 Å². The van der Waals surface area contributed by atoms with Gasteiger partial charge in [0.25, 0.3) is 0 Å². The Bertz CT molecular complexity index is 641. The van der Waals surface area contributed by atoms with Gasteiger partial charge in [-0.3, -0.25) is 0 Å². The van der Waals surface area contributed by atoms with E-state index >= 15 is 0 Å². The summed E-state index contributed by atoms with van der Waals surface area (Å²) in [7, 11) is 0. The number of nitrogen functional groups attached to an aromatic ring is 1. The lowest BCUT2D eigenvalue weighted by atomic mass is 10.2. The minimum absolute atomic E-state index is 0.304. The zero-order chi connectivity index (χ0) is 14.8. The number of aryl methyl sites for hydroxylation is 2. The van der Waals surface area contributed by atoms with E-state index < -0.39 is 0 Å². The van der Waals surface area contributed by atoms with Gasteiger partial charge in [-0.25, -0.2) is 0 Å². The third-order valence-corrected chi connectivity index (χ3v) is 3.29. The van der Waals surface area contributed by atoms with Gasteiger partial charge in [0, 0.05) is 11.8 Å². The second-order valence-corrected chi connectivity index (χ2v) is 4.92. The van der Waals surface area contributed by atoms with E-state index in [1.807, 2.05) is 38.1 Å². The topological polar surface area (TPSA) is 62.9 Å². The fourth-order valence-electron chi connectivity index (χ4n) is 2.06. The van der Waals surface area contributed by atoms with E-state index in [0.29, 0.717) is 13.6 Å². The smallest absolute Gasteiger partial charge is 0.231 e. The fraction of sp³-hybridized carbons (Fsp3) is 0.250. The van der Waals surface area contributed by atoms with Crippen molar-refractivity contribution in [2.24, 2.45) is 0 Å². The van der Waals surface area contributed by atoms with Crippen molar-refractivity contribution >= 4 is 5.69 Å². The molecular formula is C16H17NO4. The molecule has 2 aliphatic heterocycles. The minimum atomic E-state index is 0.304. The van der Waals surface area contributed by atoms with E-state index in [1.165, 1.54) is 5.56 Å². The van der Waals surface area contributed by atoms with Crippen molar-refractivity contribution in [1.29, 1.82) is 0 Å². The SMILES string of the molecule is Cc1cc2c(cc1N)OCO2.Cc1ccc2c(c1)OCO2. The molecule has 0 aromatic heterocycles. The number of anilines is 1. The monoisotopic (exact) mass is 287 g/mol. The molecule has 2 aromatic carbocycles. The molecule has 0 radical (unpaired) electrons. The average molecular weight is 287 g/mol. The first kappa shape index (κ1) is 13.4. The van der Waals surface area contributed by atoms with Gasteiger partial charge in [-0.1, -0.05) is 6.07 Å². The van der Waals surface area contributed by atoms with Crippen LogP contribution < -0.4 is 24.7 Å². The molecule has 110 valence electrons. The molecule has 0 amide bonds. The summed E-state index contributed by atoms with van der Waals surface area (Å²) in [6.45, 7) is 4.64. The van der Waals surface area contributed by atoms with Crippen molar-refractivity contribution in [3.8, 4) is 23.0 Å². The number of nitrogens with two attached hydrogens (primary N) is 1. The number of hydrogen-bond donors (Lipinski definition) is 1. The number of benzene rings is 2. The largest absolute Gasteiger partial charge is 0.454 e. The molecule has 0 aliphatic carbocycles. The van der Waals surface area contributed by atoms with Gasteiger partial charge in [-0.2, -0.15) is 0 Å². The summed E-state index contributed by atoms with van der Waals surface area (Å²) in [5.41, 5.74) is 8.62. The number of ether oxygens (including phenoxy) is 4. The predicted octanol–water partition coefficient (Wildman–Crippen LogP) is 3.03. The molecule has 4 rings (SSSR count). The predicted molar refractivity (Wildman–Crippen MR) is 79.0 cm³/mol. The molecule has 0 saturated heterocycles. The highest BCUT2D eigenvalue weighted by Crippen LogP contribution is 2.35. The first-order valence-corrected chi connectivity index (χ1v) is 6.65. The zero-order valence-corrected chi connectivity index (χ0v) is 12.0. The summed E-state index contributed by atoms with van der Waals surface area (Å²) in [5, 5.41) is 0. The first-order valence-electron chi connectivity index (χ1n) is 6.65. The molecule has 0 saturated carbocycles. The summed E-state index contributed by atoms with van der Waals surface area (Å²) in [6, 6.07) is 9.59. The van der Waals surface area contributed by atoms with Gasteiger partial charge in [0.2, 0.25) is 13.6 Å². The van der Waals surface area contributed by atoms with Gasteiger partial charge in [-0.15, -0.1) is 0 Å². The van der Waals surface area contributed by atoms with Crippen LogP contribution in [0.1, 0.15) is 11.1 Å². The molecule has 0 unspecified atom stereocenters. The normalized spacial score (nSPS) is 13.6. The average Bonchev–Trinajstić information content (AvgIpc) is 3.08. The quantitative estimate of drug-likeness (QED) is 0.755. The Morgan fingerprint density at radius 3 is 2.05 bits per heavy atom. The van der Waals surface area contributed by atoms with E-state index in [1.54, 1.807) is 6.07 Å². The summed E-state index contributed by atoms with van der Waals surface area (Å²) < 4.78 is 20.6. The molecule has 21 heavy (non-hydrogen) atoms. The molecule has 0 fully saturated rings. The molecule has 2 heterocycles. The molecule has 5 nitrogen and oxygen atoms in total. The van der Waals surface area contributed by atoms with Gasteiger partial charge in [0.1, 0.15) is 0 Å². The number of rotatable bonds is 0. The van der Waals surface area contributed by atoms with E-state index in [-0.39, 0.29) is 0 Å². The summed E-state index contributed by atoms with van der Waals surface area (Å²) in [5.74, 6) is 3.25. The van der Waals surface area contributed by atoms with Crippen molar-refractivity contribution in [3.05, 3.63) is 41.5 Å². The Morgan fingerprint density at radius 1 is 0.762 bits per heavy atom. The van der Waals surface area contributed by atoms with Crippen LogP contribution >= 0.6 is 0 Å². The first-order chi connectivity index (χ1) is 10.1. The fourth-order valence-corrected chi connectivity index (χ4v) is 2.06. The van der Waals surface area contributed by atoms with Crippen LogP contribution in [-0.4, -0.2) is 13.6 Å². The van der Waals surface area contributed by atoms with Gasteiger partial charge in [0.15, 0.2) is 23.0 Å². The molecule has 0 atom stereocenters. The van der Waals surface area contributed by atoms with Gasteiger partial charge in [0.05, 0.1) is 0 Å². The van der Waals surface area contributed by atoms with E-state index in [2.05, 4.69) is 0 Å². The summed E-state index contributed by atoms with van der Waals surface area (Å²) >= 11 is 0. The maximum atomic E-state index is 5.66. The lowest BCUT2D eigenvalue weighted by molar-refractivity contribution is 0.173. The summed E-state index contributed by atoms with van der Waals surface area (Å²) in [4.78, 5) is 0. The lowest BCUT2D eigenvalue weighted by Crippen LogP contribution is -1.92. The second kappa shape index (κ2) is 5.44. The highest BCUT2D eigenvalue weighted by molar-refractivity contribution is 5.58. The molecular weight excluding hydrogens is 270 g/mol. The highest BCUT2D eigenvalue weighted by Gasteiger charge is 2.14. The maximum absolute atomic E-state index is 5.66. The number of fused-ring (bicyclic) bond motifs is 2. The van der Waals surface area contributed by atoms with Crippen LogP contribution in [-0.2, 0) is 0 Å². The third kappa shape index (κ3) is 2.81. The molecule has 2 N–H and O–H groups in total. The standard InChI is InChI=1S/C8H9NO2.C8H8O2/c1-5-2-7-8(3-6(5)9)11-4-10-7;1-6-2-3-7-8(4-6)10-5-9-7/h2-3H,4,9H2,1H3;2-4H,5H2,1H3. The van der Waals surface area contributed by atoms with Crippen LogP contribution in [0.15, 0.2) is 30.3 Å². The van der Waals surface area contributed by atoms with Crippen molar-refractivity contribution in [3.63, 3.8) is 0 Å². The zero-order valence-electron chi connectivity index (χ0n) is 12.0. The Labute approximate surface area is 123 Å². The molecule has 2 aromatic rings. The van der Waals surface area contributed by atoms with Crippen LogP contribution in [0, 0.1) is 13.8 Å². The van der Waals surface area contributed by atoms with Crippen LogP contribution in [0.2, 0.25) is 0 Å². The van der Waals surface area contributed by atoms with Gasteiger partial charge in [-0.05, 0) is 43.2 Å². The Kier molecular flexibility index (Phi) is 3.48. The van der Waals surface area contributed by atoms with Crippen LogP contribution in [0.3, 0.4) is 0 Å². The Morgan fingerprint density at radius 2 is 1.33 bits per heavy atom. The molecule has 0 spiro atoms. The van der Waals surface area contributed by atoms with Crippen molar-refractivity contribution in [2.75, 3.05) is 19.3 Å². The minimum Gasteiger partial charge on any atom is -0.454 e. The van der Waals surface area contributed by atoms with Crippen molar-refractivity contribution in [1.82, 2.24) is 0 Å². The molecule has 5 heteroatoms. The highest BCUT2D eigenvalue weighted by atomic mass is 16.7.